The Balaban J connectivity index is 1.74. The van der Waals surface area contributed by atoms with Gasteiger partial charge in [-0.1, -0.05) is 32.0 Å². The SMILES string of the molecule is CC(C)[C@@H](NC(=O)CCCOc1ccccc1)C(=O)N1CCOCC1. The van der Waals surface area contributed by atoms with E-state index in [4.69, 9.17) is 9.47 Å². The van der Waals surface area contributed by atoms with Crippen molar-refractivity contribution in [1.29, 1.82) is 0 Å². The van der Waals surface area contributed by atoms with Gasteiger partial charge in [0.15, 0.2) is 0 Å². The molecule has 1 heterocycles. The number of ether oxygens (including phenoxy) is 2. The summed E-state index contributed by atoms with van der Waals surface area (Å²) in [6.45, 7) is 6.65. The topological polar surface area (TPSA) is 67.9 Å². The second-order valence-corrected chi connectivity index (χ2v) is 6.49. The zero-order valence-corrected chi connectivity index (χ0v) is 15.1. The van der Waals surface area contributed by atoms with Crippen molar-refractivity contribution in [2.24, 2.45) is 5.92 Å². The van der Waals surface area contributed by atoms with Gasteiger partial charge in [0.2, 0.25) is 11.8 Å². The van der Waals surface area contributed by atoms with Crippen LogP contribution in [0.1, 0.15) is 26.7 Å². The molecular weight excluding hydrogens is 320 g/mol. The first-order valence-electron chi connectivity index (χ1n) is 8.91. The average Bonchev–Trinajstić information content (AvgIpc) is 2.64. The lowest BCUT2D eigenvalue weighted by atomic mass is 10.0. The molecule has 0 saturated carbocycles. The van der Waals surface area contributed by atoms with E-state index in [-0.39, 0.29) is 17.7 Å². The highest BCUT2D eigenvalue weighted by molar-refractivity contribution is 5.87. The van der Waals surface area contributed by atoms with Crippen molar-refractivity contribution in [1.82, 2.24) is 10.2 Å². The maximum Gasteiger partial charge on any atom is 0.245 e. The summed E-state index contributed by atoms with van der Waals surface area (Å²) in [7, 11) is 0. The first kappa shape index (κ1) is 19.2. The Morgan fingerprint density at radius 2 is 1.88 bits per heavy atom. The Kier molecular flexibility index (Phi) is 7.73. The van der Waals surface area contributed by atoms with E-state index < -0.39 is 6.04 Å². The van der Waals surface area contributed by atoms with Gasteiger partial charge in [0.05, 0.1) is 19.8 Å². The predicted octanol–water partition coefficient (Wildman–Crippen LogP) is 1.85. The van der Waals surface area contributed by atoms with Gasteiger partial charge in [-0.25, -0.2) is 0 Å². The number of nitrogens with zero attached hydrogens (tertiary/aromatic N) is 1. The third-order valence-electron chi connectivity index (χ3n) is 4.13. The van der Waals surface area contributed by atoms with Crippen molar-refractivity contribution in [3.63, 3.8) is 0 Å². The smallest absolute Gasteiger partial charge is 0.245 e. The monoisotopic (exact) mass is 348 g/mol. The van der Waals surface area contributed by atoms with Crippen LogP contribution in [-0.4, -0.2) is 55.7 Å². The molecule has 1 saturated heterocycles. The molecule has 0 bridgehead atoms. The lowest BCUT2D eigenvalue weighted by Gasteiger charge is -2.32. The largest absolute Gasteiger partial charge is 0.494 e. The molecule has 2 amide bonds. The fraction of sp³-hybridized carbons (Fsp3) is 0.579. The summed E-state index contributed by atoms with van der Waals surface area (Å²) in [5.74, 6) is 0.703. The van der Waals surface area contributed by atoms with Crippen LogP contribution in [0.4, 0.5) is 0 Å². The number of nitrogens with one attached hydrogen (secondary N) is 1. The summed E-state index contributed by atoms with van der Waals surface area (Å²) in [4.78, 5) is 26.6. The van der Waals surface area contributed by atoms with Crippen molar-refractivity contribution in [2.75, 3.05) is 32.9 Å². The van der Waals surface area contributed by atoms with E-state index in [1.807, 2.05) is 44.2 Å². The second kappa shape index (κ2) is 10.0. The summed E-state index contributed by atoms with van der Waals surface area (Å²) in [5.41, 5.74) is 0. The van der Waals surface area contributed by atoms with Crippen molar-refractivity contribution >= 4 is 11.8 Å². The number of hydrogen-bond acceptors (Lipinski definition) is 4. The molecule has 1 aromatic rings. The van der Waals surface area contributed by atoms with Gasteiger partial charge in [0, 0.05) is 19.5 Å². The predicted molar refractivity (Wildman–Crippen MR) is 95.3 cm³/mol. The average molecular weight is 348 g/mol. The number of benzene rings is 1. The number of carbonyl (C=O) groups is 2. The number of morpholine rings is 1. The van der Waals surface area contributed by atoms with Crippen LogP contribution in [0.2, 0.25) is 0 Å². The van der Waals surface area contributed by atoms with Crippen LogP contribution in [0.5, 0.6) is 5.75 Å². The third-order valence-corrected chi connectivity index (χ3v) is 4.13. The van der Waals surface area contributed by atoms with Crippen LogP contribution in [-0.2, 0) is 14.3 Å². The van der Waals surface area contributed by atoms with E-state index >= 15 is 0 Å². The zero-order chi connectivity index (χ0) is 18.1. The van der Waals surface area contributed by atoms with Crippen molar-refractivity contribution < 1.29 is 19.1 Å². The molecule has 1 fully saturated rings. The maximum atomic E-state index is 12.6. The molecular formula is C19H28N2O4. The van der Waals surface area contributed by atoms with Crippen LogP contribution in [0.25, 0.3) is 0 Å². The fourth-order valence-corrected chi connectivity index (χ4v) is 2.68. The van der Waals surface area contributed by atoms with Gasteiger partial charge in [0.25, 0.3) is 0 Å². The van der Waals surface area contributed by atoms with Crippen LogP contribution in [0.15, 0.2) is 30.3 Å². The van der Waals surface area contributed by atoms with Crippen LogP contribution >= 0.6 is 0 Å². The molecule has 1 N–H and O–H groups in total. The molecule has 138 valence electrons. The first-order chi connectivity index (χ1) is 12.1. The van der Waals surface area contributed by atoms with Crippen LogP contribution in [0.3, 0.4) is 0 Å². The Morgan fingerprint density at radius 3 is 2.52 bits per heavy atom. The van der Waals surface area contributed by atoms with Crippen molar-refractivity contribution in [3.05, 3.63) is 30.3 Å². The quantitative estimate of drug-likeness (QED) is 0.728. The van der Waals surface area contributed by atoms with Gasteiger partial charge in [0.1, 0.15) is 11.8 Å². The molecule has 1 aliphatic rings. The highest BCUT2D eigenvalue weighted by Gasteiger charge is 2.29. The number of hydrogen-bond donors (Lipinski definition) is 1. The van der Waals surface area contributed by atoms with Crippen molar-refractivity contribution in [2.45, 2.75) is 32.7 Å². The van der Waals surface area contributed by atoms with Crippen LogP contribution < -0.4 is 10.1 Å². The van der Waals surface area contributed by atoms with E-state index in [1.54, 1.807) is 4.90 Å². The molecule has 6 heteroatoms. The number of rotatable bonds is 8. The summed E-state index contributed by atoms with van der Waals surface area (Å²) in [6.07, 6.45) is 0.948. The molecule has 0 aromatic heterocycles. The molecule has 0 unspecified atom stereocenters. The molecule has 0 spiro atoms. The minimum Gasteiger partial charge on any atom is -0.494 e. The van der Waals surface area contributed by atoms with Gasteiger partial charge in [-0.05, 0) is 24.5 Å². The summed E-state index contributed by atoms with van der Waals surface area (Å²) in [5, 5.41) is 2.89. The molecule has 1 aromatic carbocycles. The van der Waals surface area contributed by atoms with E-state index in [0.29, 0.717) is 45.8 Å². The highest BCUT2D eigenvalue weighted by Crippen LogP contribution is 2.10. The number of para-hydroxylation sites is 1. The lowest BCUT2D eigenvalue weighted by Crippen LogP contribution is -2.53. The van der Waals surface area contributed by atoms with E-state index in [0.717, 1.165) is 5.75 Å². The molecule has 0 aliphatic carbocycles. The molecule has 6 nitrogen and oxygen atoms in total. The third kappa shape index (κ3) is 6.38. The van der Waals surface area contributed by atoms with Gasteiger partial charge in [-0.15, -0.1) is 0 Å². The number of carbonyl (C=O) groups excluding carboxylic acids is 2. The van der Waals surface area contributed by atoms with E-state index in [1.165, 1.54) is 0 Å². The number of amides is 2. The molecule has 25 heavy (non-hydrogen) atoms. The zero-order valence-electron chi connectivity index (χ0n) is 15.1. The Morgan fingerprint density at radius 1 is 1.20 bits per heavy atom. The van der Waals surface area contributed by atoms with Crippen molar-refractivity contribution in [3.8, 4) is 5.75 Å². The molecule has 0 radical (unpaired) electrons. The highest BCUT2D eigenvalue weighted by atomic mass is 16.5. The maximum absolute atomic E-state index is 12.6. The molecule has 1 aliphatic heterocycles. The fourth-order valence-electron chi connectivity index (χ4n) is 2.68. The Hall–Kier alpha value is -2.08. The lowest BCUT2D eigenvalue weighted by molar-refractivity contribution is -0.141. The minimum atomic E-state index is -0.486. The minimum absolute atomic E-state index is 0.0211. The Bertz CT molecular complexity index is 542. The van der Waals surface area contributed by atoms with Crippen LogP contribution in [0, 0.1) is 5.92 Å². The second-order valence-electron chi connectivity index (χ2n) is 6.49. The molecule has 1 atom stereocenters. The van der Waals surface area contributed by atoms with Gasteiger partial charge >= 0.3 is 0 Å². The van der Waals surface area contributed by atoms with E-state index in [9.17, 15) is 9.59 Å². The summed E-state index contributed by atoms with van der Waals surface area (Å²) in [6, 6.07) is 9.03. The molecule has 2 rings (SSSR count). The Labute approximate surface area is 149 Å². The summed E-state index contributed by atoms with van der Waals surface area (Å²) >= 11 is 0. The van der Waals surface area contributed by atoms with E-state index in [2.05, 4.69) is 5.32 Å². The van der Waals surface area contributed by atoms with Gasteiger partial charge < -0.3 is 19.7 Å². The summed E-state index contributed by atoms with van der Waals surface area (Å²) < 4.78 is 10.9. The standard InChI is InChI=1S/C19H28N2O4/c1-15(2)18(19(23)21-10-13-24-14-11-21)20-17(22)9-6-12-25-16-7-4-3-5-8-16/h3-5,7-8,15,18H,6,9-14H2,1-2H3,(H,20,22)/t18-/m1/s1. The van der Waals surface area contributed by atoms with Gasteiger partial charge in [-0.3, -0.25) is 9.59 Å². The normalized spacial score (nSPS) is 15.7. The first-order valence-corrected chi connectivity index (χ1v) is 8.91. The van der Waals surface area contributed by atoms with Gasteiger partial charge in [-0.2, -0.15) is 0 Å².